The minimum Gasteiger partial charge on any atom is -0.324 e. The molecule has 1 N–H and O–H groups in total. The van der Waals surface area contributed by atoms with E-state index in [-0.39, 0.29) is 6.54 Å². The van der Waals surface area contributed by atoms with Crippen LogP contribution in [0.3, 0.4) is 0 Å². The van der Waals surface area contributed by atoms with Gasteiger partial charge in [0.15, 0.2) is 0 Å². The molecular weight excluding hydrogens is 380 g/mol. The van der Waals surface area contributed by atoms with Crippen molar-refractivity contribution in [1.29, 1.82) is 0 Å². The van der Waals surface area contributed by atoms with E-state index in [9.17, 15) is 13.2 Å². The predicted octanol–water partition coefficient (Wildman–Crippen LogP) is 3.16. The molecule has 2 rings (SSSR count). The Hall–Kier alpha value is -1.86. The molecular formula is C16H17BrN2O3S. The minimum atomic E-state index is -3.58. The van der Waals surface area contributed by atoms with Gasteiger partial charge in [0, 0.05) is 10.2 Å². The Kier molecular flexibility index (Phi) is 5.43. The first-order valence-electron chi connectivity index (χ1n) is 6.86. The Labute approximate surface area is 144 Å². The highest BCUT2D eigenvalue weighted by molar-refractivity contribution is 9.10. The molecule has 0 spiro atoms. The van der Waals surface area contributed by atoms with Crippen molar-refractivity contribution in [3.05, 3.63) is 58.6 Å². The average molecular weight is 397 g/mol. The van der Waals surface area contributed by atoms with Gasteiger partial charge in [-0.3, -0.25) is 9.10 Å². The minimum absolute atomic E-state index is 0.288. The Bertz CT molecular complexity index is 822. The zero-order valence-corrected chi connectivity index (χ0v) is 15.2. The van der Waals surface area contributed by atoms with E-state index in [1.54, 1.807) is 30.3 Å². The van der Waals surface area contributed by atoms with Crippen molar-refractivity contribution >= 4 is 43.2 Å². The predicted molar refractivity (Wildman–Crippen MR) is 96.1 cm³/mol. The number of anilines is 2. The molecule has 0 unspecified atom stereocenters. The van der Waals surface area contributed by atoms with Crippen LogP contribution in [0.15, 0.2) is 53.0 Å². The van der Waals surface area contributed by atoms with E-state index in [4.69, 9.17) is 0 Å². The normalized spacial score (nSPS) is 11.1. The van der Waals surface area contributed by atoms with Crippen LogP contribution < -0.4 is 9.62 Å². The Morgan fingerprint density at radius 2 is 1.87 bits per heavy atom. The summed E-state index contributed by atoms with van der Waals surface area (Å²) in [6.07, 6.45) is 1.08. The van der Waals surface area contributed by atoms with Crippen molar-refractivity contribution in [3.8, 4) is 0 Å². The zero-order chi connectivity index (χ0) is 17.0. The molecule has 0 bridgehead atoms. The van der Waals surface area contributed by atoms with Crippen LogP contribution in [-0.2, 0) is 14.8 Å². The number of rotatable bonds is 5. The van der Waals surface area contributed by atoms with E-state index in [1.807, 2.05) is 25.1 Å². The SMILES string of the molecule is Cc1ccccc1NC(=O)CN(c1cccc(Br)c1)S(C)(=O)=O. The summed E-state index contributed by atoms with van der Waals surface area (Å²) in [5.74, 6) is -0.398. The number of carbonyl (C=O) groups excluding carboxylic acids is 1. The highest BCUT2D eigenvalue weighted by atomic mass is 79.9. The number of nitrogens with zero attached hydrogens (tertiary/aromatic N) is 1. The molecule has 0 heterocycles. The summed E-state index contributed by atoms with van der Waals surface area (Å²) in [6.45, 7) is 1.59. The first-order chi connectivity index (χ1) is 10.8. The fraction of sp³-hybridized carbons (Fsp3) is 0.188. The number of sulfonamides is 1. The van der Waals surface area contributed by atoms with Gasteiger partial charge < -0.3 is 5.32 Å². The summed E-state index contributed by atoms with van der Waals surface area (Å²) in [4.78, 5) is 12.3. The van der Waals surface area contributed by atoms with Gasteiger partial charge in [-0.25, -0.2) is 8.42 Å². The fourth-order valence-electron chi connectivity index (χ4n) is 2.06. The fourth-order valence-corrected chi connectivity index (χ4v) is 3.30. The second-order valence-electron chi connectivity index (χ2n) is 5.11. The molecule has 5 nitrogen and oxygen atoms in total. The van der Waals surface area contributed by atoms with Crippen molar-refractivity contribution in [2.75, 3.05) is 22.4 Å². The van der Waals surface area contributed by atoms with Gasteiger partial charge in [0.05, 0.1) is 11.9 Å². The summed E-state index contributed by atoms with van der Waals surface area (Å²) in [5, 5.41) is 2.74. The highest BCUT2D eigenvalue weighted by Gasteiger charge is 2.21. The molecule has 2 aromatic rings. The van der Waals surface area contributed by atoms with E-state index in [1.165, 1.54) is 0 Å². The molecule has 0 aromatic heterocycles. The third-order valence-corrected chi connectivity index (χ3v) is 4.84. The second kappa shape index (κ2) is 7.14. The lowest BCUT2D eigenvalue weighted by Gasteiger charge is -2.22. The maximum Gasteiger partial charge on any atom is 0.245 e. The van der Waals surface area contributed by atoms with E-state index in [2.05, 4.69) is 21.2 Å². The average Bonchev–Trinajstić information content (AvgIpc) is 2.46. The Morgan fingerprint density at radius 1 is 1.17 bits per heavy atom. The molecule has 0 aliphatic heterocycles. The monoisotopic (exact) mass is 396 g/mol. The van der Waals surface area contributed by atoms with Gasteiger partial charge in [-0.2, -0.15) is 0 Å². The number of hydrogen-bond acceptors (Lipinski definition) is 3. The lowest BCUT2D eigenvalue weighted by Crippen LogP contribution is -2.37. The van der Waals surface area contributed by atoms with Crippen LogP contribution in [0.4, 0.5) is 11.4 Å². The number of carbonyl (C=O) groups is 1. The van der Waals surface area contributed by atoms with Crippen molar-refractivity contribution in [1.82, 2.24) is 0 Å². The summed E-state index contributed by atoms with van der Waals surface area (Å²) >= 11 is 3.30. The van der Waals surface area contributed by atoms with Gasteiger partial charge in [-0.05, 0) is 36.8 Å². The second-order valence-corrected chi connectivity index (χ2v) is 7.94. The van der Waals surface area contributed by atoms with Gasteiger partial charge in [0.25, 0.3) is 0 Å². The van der Waals surface area contributed by atoms with Gasteiger partial charge in [-0.1, -0.05) is 40.2 Å². The highest BCUT2D eigenvalue weighted by Crippen LogP contribution is 2.22. The molecule has 122 valence electrons. The quantitative estimate of drug-likeness (QED) is 0.843. The first-order valence-corrected chi connectivity index (χ1v) is 9.50. The number of aryl methyl sites for hydroxylation is 1. The van der Waals surface area contributed by atoms with E-state index < -0.39 is 15.9 Å². The van der Waals surface area contributed by atoms with Gasteiger partial charge in [0.2, 0.25) is 15.9 Å². The number of benzene rings is 2. The standard InChI is InChI=1S/C16H17BrN2O3S/c1-12-6-3-4-9-15(12)18-16(20)11-19(23(2,21)22)14-8-5-7-13(17)10-14/h3-10H,11H2,1-2H3,(H,18,20). The molecule has 0 aliphatic carbocycles. The molecule has 0 radical (unpaired) electrons. The largest absolute Gasteiger partial charge is 0.324 e. The van der Waals surface area contributed by atoms with E-state index >= 15 is 0 Å². The summed E-state index contributed by atoms with van der Waals surface area (Å²) < 4.78 is 25.9. The maximum absolute atomic E-state index is 12.3. The molecule has 0 saturated heterocycles. The van der Waals surface area contributed by atoms with Crippen LogP contribution >= 0.6 is 15.9 Å². The van der Waals surface area contributed by atoms with Crippen molar-refractivity contribution in [2.45, 2.75) is 6.92 Å². The van der Waals surface area contributed by atoms with Crippen LogP contribution in [0, 0.1) is 6.92 Å². The van der Waals surface area contributed by atoms with Crippen molar-refractivity contribution in [2.24, 2.45) is 0 Å². The van der Waals surface area contributed by atoms with E-state index in [0.29, 0.717) is 11.4 Å². The van der Waals surface area contributed by atoms with Gasteiger partial charge in [-0.15, -0.1) is 0 Å². The summed E-state index contributed by atoms with van der Waals surface area (Å²) in [6, 6.07) is 14.1. The first kappa shape index (κ1) is 17.5. The molecule has 2 aromatic carbocycles. The number of para-hydroxylation sites is 1. The van der Waals surface area contributed by atoms with Crippen molar-refractivity contribution < 1.29 is 13.2 Å². The summed E-state index contributed by atoms with van der Waals surface area (Å²) in [7, 11) is -3.58. The maximum atomic E-state index is 12.3. The smallest absolute Gasteiger partial charge is 0.245 e. The number of halogens is 1. The van der Waals surface area contributed by atoms with Gasteiger partial charge in [0.1, 0.15) is 6.54 Å². The van der Waals surface area contributed by atoms with Gasteiger partial charge >= 0.3 is 0 Å². The molecule has 0 atom stereocenters. The molecule has 23 heavy (non-hydrogen) atoms. The molecule has 0 fully saturated rings. The number of nitrogens with one attached hydrogen (secondary N) is 1. The third-order valence-electron chi connectivity index (χ3n) is 3.20. The lowest BCUT2D eigenvalue weighted by atomic mass is 10.2. The molecule has 7 heteroatoms. The van der Waals surface area contributed by atoms with Crippen LogP contribution in [0.1, 0.15) is 5.56 Å². The van der Waals surface area contributed by atoms with Crippen LogP contribution in [0.5, 0.6) is 0 Å². The number of amides is 1. The summed E-state index contributed by atoms with van der Waals surface area (Å²) in [5.41, 5.74) is 2.01. The van der Waals surface area contributed by atoms with Crippen LogP contribution in [-0.4, -0.2) is 27.1 Å². The van der Waals surface area contributed by atoms with Crippen LogP contribution in [0.25, 0.3) is 0 Å². The number of hydrogen-bond donors (Lipinski definition) is 1. The Balaban J connectivity index is 2.22. The topological polar surface area (TPSA) is 66.5 Å². The van der Waals surface area contributed by atoms with E-state index in [0.717, 1.165) is 20.6 Å². The molecule has 0 aliphatic rings. The molecule has 0 saturated carbocycles. The Morgan fingerprint density at radius 3 is 2.48 bits per heavy atom. The van der Waals surface area contributed by atoms with Crippen LogP contribution in [0.2, 0.25) is 0 Å². The zero-order valence-electron chi connectivity index (χ0n) is 12.8. The van der Waals surface area contributed by atoms with Crippen molar-refractivity contribution in [3.63, 3.8) is 0 Å². The lowest BCUT2D eigenvalue weighted by molar-refractivity contribution is -0.114. The third kappa shape index (κ3) is 4.80. The molecule has 1 amide bonds.